The summed E-state index contributed by atoms with van der Waals surface area (Å²) in [4.78, 5) is 9.55. The van der Waals surface area contributed by atoms with Crippen LogP contribution in [-0.4, -0.2) is 14.5 Å². The Morgan fingerprint density at radius 1 is 1.00 bits per heavy atom. The van der Waals surface area contributed by atoms with Gasteiger partial charge in [-0.1, -0.05) is 18.2 Å². The van der Waals surface area contributed by atoms with Gasteiger partial charge in [0.25, 0.3) is 0 Å². The van der Waals surface area contributed by atoms with E-state index in [0.29, 0.717) is 0 Å². The molecular weight excluding hydrogens is 320 g/mol. The van der Waals surface area contributed by atoms with E-state index in [1.807, 2.05) is 25.5 Å². The number of hydrogen-bond acceptors (Lipinski definition) is 2. The van der Waals surface area contributed by atoms with Crippen LogP contribution in [0.3, 0.4) is 0 Å². The zero-order valence-electron chi connectivity index (χ0n) is 15.9. The van der Waals surface area contributed by atoms with Crippen molar-refractivity contribution < 1.29 is 4.57 Å². The Hall–Kier alpha value is -3.01. The maximum absolute atomic E-state index is 4.98. The average Bonchev–Trinajstić information content (AvgIpc) is 2.93. The summed E-state index contributed by atoms with van der Waals surface area (Å²) < 4.78 is 4.24. The minimum absolute atomic E-state index is 0.956. The second-order valence-corrected chi connectivity index (χ2v) is 6.98. The molecule has 0 saturated carbocycles. The van der Waals surface area contributed by atoms with Gasteiger partial charge in [-0.2, -0.15) is 0 Å². The Morgan fingerprint density at radius 2 is 1.77 bits per heavy atom. The lowest BCUT2D eigenvalue weighted by molar-refractivity contribution is -0.663. The van der Waals surface area contributed by atoms with E-state index in [2.05, 4.69) is 72.3 Å². The molecule has 0 bridgehead atoms. The second-order valence-electron chi connectivity index (χ2n) is 6.98. The van der Waals surface area contributed by atoms with Crippen LogP contribution in [-0.2, 0) is 14.1 Å². The first-order chi connectivity index (χ1) is 12.5. The number of hydrogen-bond donors (Lipinski definition) is 0. The van der Waals surface area contributed by atoms with Crippen LogP contribution in [0.4, 0.5) is 0 Å². The molecule has 0 unspecified atom stereocenters. The quantitative estimate of drug-likeness (QED) is 0.515. The highest BCUT2D eigenvalue weighted by molar-refractivity contribution is 5.85. The molecule has 0 aliphatic carbocycles. The lowest BCUT2D eigenvalue weighted by Crippen LogP contribution is -2.31. The molecule has 26 heavy (non-hydrogen) atoms. The first kappa shape index (κ1) is 16.5. The predicted molar refractivity (Wildman–Crippen MR) is 105 cm³/mol. The highest BCUT2D eigenvalue weighted by atomic mass is 15.1. The lowest BCUT2D eigenvalue weighted by Gasteiger charge is -2.09. The van der Waals surface area contributed by atoms with Gasteiger partial charge in [0.1, 0.15) is 12.0 Å². The Kier molecular flexibility index (Phi) is 3.83. The van der Waals surface area contributed by atoms with Crippen molar-refractivity contribution in [3.63, 3.8) is 0 Å². The number of aryl methyl sites for hydroxylation is 4. The Bertz CT molecular complexity index is 1140. The molecule has 0 aliphatic heterocycles. The van der Waals surface area contributed by atoms with Crippen molar-refractivity contribution in [3.05, 3.63) is 65.5 Å². The number of rotatable bonds is 2. The van der Waals surface area contributed by atoms with Crippen LogP contribution in [0.25, 0.3) is 33.8 Å². The summed E-state index contributed by atoms with van der Waals surface area (Å²) >= 11 is 0. The van der Waals surface area contributed by atoms with Gasteiger partial charge in [-0.25, -0.2) is 9.55 Å². The van der Waals surface area contributed by atoms with Crippen molar-refractivity contribution in [3.8, 4) is 22.8 Å². The van der Waals surface area contributed by atoms with E-state index in [-0.39, 0.29) is 0 Å². The molecule has 0 radical (unpaired) electrons. The highest BCUT2D eigenvalue weighted by Gasteiger charge is 2.19. The summed E-state index contributed by atoms with van der Waals surface area (Å²) in [6.07, 6.45) is 3.86. The molecule has 2 aromatic carbocycles. The zero-order chi connectivity index (χ0) is 18.4. The molecule has 4 aromatic rings. The molecular formula is C22H23N4+. The van der Waals surface area contributed by atoms with Gasteiger partial charge in [0, 0.05) is 18.7 Å². The third kappa shape index (κ3) is 2.49. The number of imidazole rings is 1. The number of benzene rings is 2. The van der Waals surface area contributed by atoms with Crippen LogP contribution in [0.2, 0.25) is 0 Å². The van der Waals surface area contributed by atoms with E-state index in [0.717, 1.165) is 28.3 Å². The van der Waals surface area contributed by atoms with E-state index < -0.39 is 0 Å². The van der Waals surface area contributed by atoms with Crippen LogP contribution >= 0.6 is 0 Å². The fourth-order valence-electron chi connectivity index (χ4n) is 3.70. The maximum Gasteiger partial charge on any atom is 0.330 e. The van der Waals surface area contributed by atoms with Crippen molar-refractivity contribution in [2.24, 2.45) is 14.1 Å². The summed E-state index contributed by atoms with van der Waals surface area (Å²) in [5.74, 6) is 1.95. The molecule has 0 spiro atoms. The zero-order valence-corrected chi connectivity index (χ0v) is 15.9. The van der Waals surface area contributed by atoms with Crippen LogP contribution < -0.4 is 4.57 Å². The van der Waals surface area contributed by atoms with E-state index in [4.69, 9.17) is 4.98 Å². The van der Waals surface area contributed by atoms with Crippen molar-refractivity contribution in [1.29, 1.82) is 0 Å². The number of aromatic nitrogens is 4. The van der Waals surface area contributed by atoms with Crippen molar-refractivity contribution in [2.75, 3.05) is 0 Å². The number of fused-ring (bicyclic) bond motifs is 1. The van der Waals surface area contributed by atoms with Crippen molar-refractivity contribution >= 4 is 11.0 Å². The summed E-state index contributed by atoms with van der Waals surface area (Å²) in [5.41, 5.74) is 8.18. The van der Waals surface area contributed by atoms with Gasteiger partial charge in [-0.15, -0.1) is 0 Å². The van der Waals surface area contributed by atoms with Crippen molar-refractivity contribution in [2.45, 2.75) is 20.8 Å². The fraction of sp³-hybridized carbons (Fsp3) is 0.227. The maximum atomic E-state index is 4.98. The smallest absolute Gasteiger partial charge is 0.327 e. The summed E-state index contributed by atoms with van der Waals surface area (Å²) in [6, 6.07) is 12.7. The molecule has 0 amide bonds. The Balaban J connectivity index is 1.97. The topological polar surface area (TPSA) is 34.6 Å². The van der Waals surface area contributed by atoms with Gasteiger partial charge in [0.05, 0.1) is 29.8 Å². The van der Waals surface area contributed by atoms with Gasteiger partial charge in [0.15, 0.2) is 0 Å². The molecule has 4 nitrogen and oxygen atoms in total. The molecule has 130 valence electrons. The third-order valence-electron chi connectivity index (χ3n) is 5.06. The van der Waals surface area contributed by atoms with Gasteiger partial charge in [-0.3, -0.25) is 0 Å². The van der Waals surface area contributed by atoms with Crippen molar-refractivity contribution in [1.82, 2.24) is 14.5 Å². The van der Waals surface area contributed by atoms with Gasteiger partial charge < -0.3 is 4.57 Å². The minimum Gasteiger partial charge on any atom is -0.327 e. The monoisotopic (exact) mass is 343 g/mol. The first-order valence-corrected chi connectivity index (χ1v) is 8.82. The largest absolute Gasteiger partial charge is 0.330 e. The molecule has 2 aromatic heterocycles. The molecule has 0 saturated heterocycles. The third-order valence-corrected chi connectivity index (χ3v) is 5.06. The molecule has 0 fully saturated rings. The SMILES string of the molecule is Cc1cc(C)c2nc(-c3cccc(-c4nccc[n+]4C)c3C)n(C)c2c1. The van der Waals surface area contributed by atoms with Crippen LogP contribution in [0.1, 0.15) is 16.7 Å². The Morgan fingerprint density at radius 3 is 2.54 bits per heavy atom. The predicted octanol–water partition coefficient (Wildman–Crippen LogP) is 4.05. The molecule has 0 N–H and O–H groups in total. The second kappa shape index (κ2) is 6.06. The van der Waals surface area contributed by atoms with Crippen LogP contribution in [0, 0.1) is 20.8 Å². The molecule has 2 heterocycles. The van der Waals surface area contributed by atoms with Gasteiger partial charge in [-0.05, 0) is 54.6 Å². The average molecular weight is 343 g/mol. The molecule has 4 rings (SSSR count). The van der Waals surface area contributed by atoms with E-state index >= 15 is 0 Å². The van der Waals surface area contributed by atoms with Gasteiger partial charge >= 0.3 is 5.82 Å². The summed E-state index contributed by atoms with van der Waals surface area (Å²) in [7, 11) is 4.12. The lowest BCUT2D eigenvalue weighted by atomic mass is 10.0. The summed E-state index contributed by atoms with van der Waals surface area (Å²) in [6.45, 7) is 6.41. The van der Waals surface area contributed by atoms with Crippen LogP contribution in [0.15, 0.2) is 48.8 Å². The normalized spacial score (nSPS) is 11.3. The molecule has 0 aliphatic rings. The first-order valence-electron chi connectivity index (χ1n) is 8.82. The Labute approximate surface area is 153 Å². The van der Waals surface area contributed by atoms with E-state index in [1.54, 1.807) is 0 Å². The van der Waals surface area contributed by atoms with Gasteiger partial charge in [0.2, 0.25) is 0 Å². The molecule has 0 atom stereocenters. The van der Waals surface area contributed by atoms with Crippen LogP contribution in [0.5, 0.6) is 0 Å². The highest BCUT2D eigenvalue weighted by Crippen LogP contribution is 2.32. The fourth-order valence-corrected chi connectivity index (χ4v) is 3.70. The number of nitrogens with zero attached hydrogens (tertiary/aromatic N) is 4. The minimum atomic E-state index is 0.956. The standard InChI is InChI=1S/C22H23N4/c1-14-12-15(2)20-19(13-14)26(5)22(24-20)18-9-6-8-17(16(18)3)21-23-10-7-11-25(21)4/h6-13H,1-5H3/q+1. The van der Waals surface area contributed by atoms with E-state index in [1.165, 1.54) is 22.2 Å². The van der Waals surface area contributed by atoms with E-state index in [9.17, 15) is 0 Å². The summed E-state index contributed by atoms with van der Waals surface area (Å²) in [5, 5.41) is 0. The molecule has 4 heteroatoms.